The molecule has 8 nitrogen and oxygen atoms in total. The van der Waals surface area contributed by atoms with Crippen LogP contribution in [0.15, 0.2) is 18.3 Å². The van der Waals surface area contributed by atoms with E-state index < -0.39 is 0 Å². The van der Waals surface area contributed by atoms with Crippen molar-refractivity contribution in [3.63, 3.8) is 0 Å². The van der Waals surface area contributed by atoms with Gasteiger partial charge in [-0.25, -0.2) is 4.98 Å². The molecular formula is C22H35N7O. The van der Waals surface area contributed by atoms with Crippen LogP contribution in [-0.2, 0) is 12.5 Å². The lowest BCUT2D eigenvalue weighted by molar-refractivity contribution is 0.0934. The highest BCUT2D eigenvalue weighted by molar-refractivity contribution is 5.92. The topological polar surface area (TPSA) is 88.0 Å². The Balaban J connectivity index is 1.47. The molecule has 0 saturated heterocycles. The third-order valence-corrected chi connectivity index (χ3v) is 5.71. The molecule has 0 aliphatic heterocycles. The van der Waals surface area contributed by atoms with Gasteiger partial charge in [0.1, 0.15) is 11.5 Å². The highest BCUT2D eigenvalue weighted by Crippen LogP contribution is 2.26. The fraction of sp³-hybridized carbons (Fsp3) is 0.636. The molecule has 164 valence electrons. The molecule has 3 rings (SSSR count). The average molecular weight is 414 g/mol. The van der Waals surface area contributed by atoms with E-state index in [0.717, 1.165) is 37.2 Å². The predicted molar refractivity (Wildman–Crippen MR) is 120 cm³/mol. The summed E-state index contributed by atoms with van der Waals surface area (Å²) in [6.07, 6.45) is 6.04. The molecule has 0 atom stereocenters. The van der Waals surface area contributed by atoms with Gasteiger partial charge >= 0.3 is 0 Å². The lowest BCUT2D eigenvalue weighted by Crippen LogP contribution is -2.34. The molecule has 8 heteroatoms. The first-order valence-corrected chi connectivity index (χ1v) is 10.7. The van der Waals surface area contributed by atoms with Crippen LogP contribution in [0.2, 0.25) is 0 Å². The van der Waals surface area contributed by atoms with Crippen LogP contribution in [0.1, 0.15) is 62.6 Å². The predicted octanol–water partition coefficient (Wildman–Crippen LogP) is 2.97. The minimum absolute atomic E-state index is 0.0466. The number of hydrogen-bond acceptors (Lipinski definition) is 6. The maximum Gasteiger partial charge on any atom is 0.269 e. The standard InChI is InChI=1S/C22H35N7O/c1-22(2,3)18-13-17(29(6)27-18)20(30)24-14-15-7-9-16(10-8-15)25-21-23-12-11-19(26-21)28(4)5/h11-13,15-16H,7-10,14H2,1-6H3,(H,24,30)(H,23,25,26). The molecule has 0 radical (unpaired) electrons. The molecule has 1 aliphatic rings. The van der Waals surface area contributed by atoms with E-state index in [1.54, 1.807) is 10.9 Å². The normalized spacial score (nSPS) is 19.4. The molecule has 2 N–H and O–H groups in total. The average Bonchev–Trinajstić information content (AvgIpc) is 3.10. The summed E-state index contributed by atoms with van der Waals surface area (Å²) >= 11 is 0. The largest absolute Gasteiger partial charge is 0.363 e. The zero-order chi connectivity index (χ0) is 21.9. The highest BCUT2D eigenvalue weighted by Gasteiger charge is 2.24. The van der Waals surface area contributed by atoms with E-state index >= 15 is 0 Å². The third kappa shape index (κ3) is 5.49. The van der Waals surface area contributed by atoms with Gasteiger partial charge in [-0.1, -0.05) is 20.8 Å². The van der Waals surface area contributed by atoms with Gasteiger partial charge in [-0.3, -0.25) is 9.48 Å². The van der Waals surface area contributed by atoms with E-state index in [2.05, 4.69) is 46.5 Å². The van der Waals surface area contributed by atoms with Gasteiger partial charge < -0.3 is 15.5 Å². The summed E-state index contributed by atoms with van der Waals surface area (Å²) in [5.41, 5.74) is 1.48. The van der Waals surface area contributed by atoms with E-state index in [9.17, 15) is 4.79 Å². The van der Waals surface area contributed by atoms with Crippen LogP contribution in [0.4, 0.5) is 11.8 Å². The highest BCUT2D eigenvalue weighted by atomic mass is 16.2. The van der Waals surface area contributed by atoms with E-state index in [4.69, 9.17) is 0 Å². The summed E-state index contributed by atoms with van der Waals surface area (Å²) in [7, 11) is 5.77. The molecule has 0 aromatic carbocycles. The molecule has 1 fully saturated rings. The Morgan fingerprint density at radius 3 is 2.53 bits per heavy atom. The number of anilines is 2. The summed E-state index contributed by atoms with van der Waals surface area (Å²) < 4.78 is 1.68. The fourth-order valence-electron chi connectivity index (χ4n) is 3.74. The van der Waals surface area contributed by atoms with Crippen LogP contribution in [0.25, 0.3) is 0 Å². The smallest absolute Gasteiger partial charge is 0.269 e. The number of rotatable bonds is 6. The van der Waals surface area contributed by atoms with Crippen LogP contribution in [0, 0.1) is 5.92 Å². The molecule has 2 heterocycles. The van der Waals surface area contributed by atoms with Crippen LogP contribution >= 0.6 is 0 Å². The maximum absolute atomic E-state index is 12.6. The molecule has 1 amide bonds. The SMILES string of the molecule is CN(C)c1ccnc(NC2CCC(CNC(=O)c3cc(C(C)(C)C)nn3C)CC2)n1. The Morgan fingerprint density at radius 2 is 1.93 bits per heavy atom. The van der Waals surface area contributed by atoms with Gasteiger partial charge in [0.05, 0.1) is 5.69 Å². The van der Waals surface area contributed by atoms with Crippen molar-refractivity contribution >= 4 is 17.7 Å². The second-order valence-corrected chi connectivity index (χ2v) is 9.49. The molecule has 0 unspecified atom stereocenters. The van der Waals surface area contributed by atoms with Crippen molar-refractivity contribution in [1.82, 2.24) is 25.1 Å². The number of nitrogens with zero attached hydrogens (tertiary/aromatic N) is 5. The summed E-state index contributed by atoms with van der Waals surface area (Å²) in [6, 6.07) is 4.18. The van der Waals surface area contributed by atoms with E-state index in [1.807, 2.05) is 38.2 Å². The molecule has 0 bridgehead atoms. The summed E-state index contributed by atoms with van der Waals surface area (Å²) in [5.74, 6) is 2.03. The van der Waals surface area contributed by atoms with E-state index in [-0.39, 0.29) is 11.3 Å². The molecule has 1 saturated carbocycles. The number of aromatic nitrogens is 4. The minimum Gasteiger partial charge on any atom is -0.363 e. The van der Waals surface area contributed by atoms with Crippen molar-refractivity contribution < 1.29 is 4.79 Å². The van der Waals surface area contributed by atoms with Crippen molar-refractivity contribution in [2.75, 3.05) is 30.9 Å². The number of carbonyl (C=O) groups excluding carboxylic acids is 1. The summed E-state index contributed by atoms with van der Waals surface area (Å²) in [6.45, 7) is 7.01. The monoisotopic (exact) mass is 413 g/mol. The van der Waals surface area contributed by atoms with Crippen molar-refractivity contribution in [3.05, 3.63) is 29.7 Å². The second-order valence-electron chi connectivity index (χ2n) is 9.49. The lowest BCUT2D eigenvalue weighted by Gasteiger charge is -2.29. The third-order valence-electron chi connectivity index (χ3n) is 5.71. The summed E-state index contributed by atoms with van der Waals surface area (Å²) in [4.78, 5) is 23.5. The Labute approximate surface area is 179 Å². The fourth-order valence-corrected chi connectivity index (χ4v) is 3.74. The van der Waals surface area contributed by atoms with Crippen molar-refractivity contribution in [2.45, 2.75) is 57.9 Å². The number of carbonyl (C=O) groups is 1. The van der Waals surface area contributed by atoms with Crippen LogP contribution in [0.3, 0.4) is 0 Å². The quantitative estimate of drug-likeness (QED) is 0.757. The van der Waals surface area contributed by atoms with Gasteiger partial charge in [-0.15, -0.1) is 0 Å². The number of aryl methyl sites for hydroxylation is 1. The lowest BCUT2D eigenvalue weighted by atomic mass is 9.86. The molecule has 2 aromatic heterocycles. The zero-order valence-corrected chi connectivity index (χ0v) is 19.1. The van der Waals surface area contributed by atoms with Gasteiger partial charge in [-0.05, 0) is 43.7 Å². The number of amides is 1. The molecule has 2 aromatic rings. The van der Waals surface area contributed by atoms with E-state index in [0.29, 0.717) is 30.1 Å². The molecular weight excluding hydrogens is 378 g/mol. The Kier molecular flexibility index (Phi) is 6.63. The van der Waals surface area contributed by atoms with E-state index in [1.165, 1.54) is 0 Å². The second kappa shape index (κ2) is 9.02. The number of hydrogen-bond donors (Lipinski definition) is 2. The molecule has 30 heavy (non-hydrogen) atoms. The van der Waals surface area contributed by atoms with Crippen molar-refractivity contribution in [3.8, 4) is 0 Å². The van der Waals surface area contributed by atoms with Gasteiger partial charge in [-0.2, -0.15) is 10.1 Å². The zero-order valence-electron chi connectivity index (χ0n) is 19.1. The Morgan fingerprint density at radius 1 is 1.23 bits per heavy atom. The number of nitrogens with one attached hydrogen (secondary N) is 2. The summed E-state index contributed by atoms with van der Waals surface area (Å²) in [5, 5.41) is 11.1. The van der Waals surface area contributed by atoms with Gasteiger partial charge in [0.2, 0.25) is 5.95 Å². The maximum atomic E-state index is 12.6. The van der Waals surface area contributed by atoms with Crippen molar-refractivity contribution in [2.24, 2.45) is 13.0 Å². The first kappa shape index (κ1) is 22.1. The first-order chi connectivity index (χ1) is 14.1. The Hall–Kier alpha value is -2.64. The van der Waals surface area contributed by atoms with Crippen LogP contribution in [0.5, 0.6) is 0 Å². The van der Waals surface area contributed by atoms with Gasteiger partial charge in [0, 0.05) is 45.3 Å². The minimum atomic E-state index is -0.0720. The molecule has 0 spiro atoms. The first-order valence-electron chi connectivity index (χ1n) is 10.7. The Bertz CT molecular complexity index is 861. The van der Waals surface area contributed by atoms with Crippen LogP contribution < -0.4 is 15.5 Å². The van der Waals surface area contributed by atoms with Gasteiger partial charge in [0.15, 0.2) is 0 Å². The van der Waals surface area contributed by atoms with Crippen molar-refractivity contribution in [1.29, 1.82) is 0 Å². The molecule has 1 aliphatic carbocycles. The van der Waals surface area contributed by atoms with Crippen LogP contribution in [-0.4, -0.2) is 52.3 Å². The van der Waals surface area contributed by atoms with Gasteiger partial charge in [0.25, 0.3) is 5.91 Å².